The van der Waals surface area contributed by atoms with Crippen molar-refractivity contribution < 1.29 is 14.7 Å². The number of carbonyl (C=O) groups is 2. The van der Waals surface area contributed by atoms with Gasteiger partial charge in [-0.25, -0.2) is 9.78 Å². The Kier molecular flexibility index (Phi) is 5.50. The molecule has 1 amide bonds. The molecule has 6 heteroatoms. The lowest BCUT2D eigenvalue weighted by Gasteiger charge is -2.27. The Morgan fingerprint density at radius 2 is 2.09 bits per heavy atom. The summed E-state index contributed by atoms with van der Waals surface area (Å²) in [5, 5.41) is 11.4. The summed E-state index contributed by atoms with van der Waals surface area (Å²) in [5.74, 6) is 0.910. The lowest BCUT2D eigenvalue weighted by molar-refractivity contribution is -0.142. The maximum Gasteiger partial charge on any atom is 0.326 e. The van der Waals surface area contributed by atoms with Crippen molar-refractivity contribution >= 4 is 23.2 Å². The molecule has 118 valence electrons. The van der Waals surface area contributed by atoms with Crippen molar-refractivity contribution in [3.63, 3.8) is 0 Å². The van der Waals surface area contributed by atoms with Crippen LogP contribution in [-0.4, -0.2) is 32.9 Å². The zero-order valence-electron chi connectivity index (χ0n) is 12.6. The van der Waals surface area contributed by atoms with E-state index in [4.69, 9.17) is 6.42 Å². The third kappa shape index (κ3) is 3.96. The molecule has 0 radical (unpaired) electrons. The number of benzene rings is 1. The van der Waals surface area contributed by atoms with Gasteiger partial charge in [-0.1, -0.05) is 37.3 Å². The van der Waals surface area contributed by atoms with Gasteiger partial charge in [0.2, 0.25) is 0 Å². The van der Waals surface area contributed by atoms with Crippen LogP contribution < -0.4 is 0 Å². The van der Waals surface area contributed by atoms with E-state index >= 15 is 0 Å². The van der Waals surface area contributed by atoms with E-state index in [1.807, 2.05) is 30.3 Å². The molecule has 0 aliphatic heterocycles. The van der Waals surface area contributed by atoms with Crippen molar-refractivity contribution in [2.45, 2.75) is 25.9 Å². The number of rotatable bonds is 6. The third-order valence-electron chi connectivity index (χ3n) is 3.35. The first-order valence-corrected chi connectivity index (χ1v) is 7.94. The summed E-state index contributed by atoms with van der Waals surface area (Å²) in [6.45, 7) is 1.94. The molecule has 0 aliphatic carbocycles. The van der Waals surface area contributed by atoms with Crippen LogP contribution in [0.1, 0.15) is 34.4 Å². The van der Waals surface area contributed by atoms with Crippen molar-refractivity contribution in [1.29, 1.82) is 0 Å². The summed E-state index contributed by atoms with van der Waals surface area (Å²) in [5.41, 5.74) is 1.03. The first kappa shape index (κ1) is 16.7. The van der Waals surface area contributed by atoms with E-state index in [-0.39, 0.29) is 12.2 Å². The fourth-order valence-electron chi connectivity index (χ4n) is 2.22. The van der Waals surface area contributed by atoms with Crippen LogP contribution in [0.2, 0.25) is 0 Å². The number of amides is 1. The predicted octanol–water partition coefficient (Wildman–Crippen LogP) is 2.63. The van der Waals surface area contributed by atoms with Crippen LogP contribution in [0.4, 0.5) is 0 Å². The van der Waals surface area contributed by atoms with Gasteiger partial charge in [-0.3, -0.25) is 4.79 Å². The van der Waals surface area contributed by atoms with Crippen LogP contribution in [0, 0.1) is 12.3 Å². The van der Waals surface area contributed by atoms with Crippen molar-refractivity contribution in [2.24, 2.45) is 0 Å². The van der Waals surface area contributed by atoms with E-state index in [1.54, 1.807) is 12.3 Å². The first-order valence-electron chi connectivity index (χ1n) is 7.06. The molecular formula is C17H16N2O3S. The average molecular weight is 328 g/mol. The molecule has 23 heavy (non-hydrogen) atoms. The Bertz CT molecular complexity index is 734. The van der Waals surface area contributed by atoms with E-state index in [1.165, 1.54) is 16.2 Å². The molecule has 0 aliphatic rings. The smallest absolute Gasteiger partial charge is 0.326 e. The van der Waals surface area contributed by atoms with Crippen molar-refractivity contribution in [1.82, 2.24) is 9.88 Å². The normalized spacial score (nSPS) is 11.5. The number of nitrogens with zero attached hydrogens (tertiary/aromatic N) is 2. The minimum Gasteiger partial charge on any atom is -0.480 e. The molecule has 0 saturated heterocycles. The minimum atomic E-state index is -1.04. The van der Waals surface area contributed by atoms with Crippen LogP contribution in [0.15, 0.2) is 35.7 Å². The standard InChI is InChI=1S/C17H16N2O3S/c1-3-14(17(21)22)19(10-12-8-6-5-7-9-12)16(20)13-11-23-15(4-2)18-13/h2,5-9,11,14H,3,10H2,1H3,(H,21,22). The SMILES string of the molecule is C#Cc1nc(C(=O)N(Cc2ccccc2)C(CC)C(=O)O)cs1. The van der Waals surface area contributed by atoms with Gasteiger partial charge in [-0.2, -0.15) is 0 Å². The van der Waals surface area contributed by atoms with E-state index in [0.717, 1.165) is 5.56 Å². The molecule has 5 nitrogen and oxygen atoms in total. The molecule has 0 spiro atoms. The van der Waals surface area contributed by atoms with Crippen LogP contribution in [0.25, 0.3) is 0 Å². The number of carboxylic acids is 1. The van der Waals surface area contributed by atoms with Crippen LogP contribution in [-0.2, 0) is 11.3 Å². The summed E-state index contributed by atoms with van der Waals surface area (Å²) in [4.78, 5) is 29.6. The molecule has 1 unspecified atom stereocenters. The van der Waals surface area contributed by atoms with Crippen molar-refractivity contribution in [3.05, 3.63) is 52.0 Å². The minimum absolute atomic E-state index is 0.179. The molecule has 0 saturated carbocycles. The molecule has 0 bridgehead atoms. The highest BCUT2D eigenvalue weighted by Crippen LogP contribution is 2.17. The van der Waals surface area contributed by atoms with Gasteiger partial charge in [0.15, 0.2) is 5.01 Å². The van der Waals surface area contributed by atoms with Crippen LogP contribution in [0.3, 0.4) is 0 Å². The first-order chi connectivity index (χ1) is 11.1. The maximum atomic E-state index is 12.7. The summed E-state index contributed by atoms with van der Waals surface area (Å²) < 4.78 is 0. The average Bonchev–Trinajstić information content (AvgIpc) is 3.03. The van der Waals surface area contributed by atoms with E-state index < -0.39 is 17.9 Å². The number of aliphatic carboxylic acids is 1. The molecular weight excluding hydrogens is 312 g/mol. The van der Waals surface area contributed by atoms with E-state index in [2.05, 4.69) is 10.9 Å². The number of carbonyl (C=O) groups excluding carboxylic acids is 1. The Balaban J connectivity index is 2.34. The van der Waals surface area contributed by atoms with E-state index in [9.17, 15) is 14.7 Å². The Morgan fingerprint density at radius 3 is 2.61 bits per heavy atom. The van der Waals surface area contributed by atoms with Gasteiger partial charge in [0.05, 0.1) is 0 Å². The third-order valence-corrected chi connectivity index (χ3v) is 4.12. The quantitative estimate of drug-likeness (QED) is 0.828. The summed E-state index contributed by atoms with van der Waals surface area (Å²) in [7, 11) is 0. The van der Waals surface area contributed by atoms with Gasteiger partial charge in [0.25, 0.3) is 5.91 Å². The maximum absolute atomic E-state index is 12.7. The zero-order chi connectivity index (χ0) is 16.8. The number of thiazole rings is 1. The van der Waals surface area contributed by atoms with Crippen molar-refractivity contribution in [2.75, 3.05) is 0 Å². The second kappa shape index (κ2) is 7.56. The summed E-state index contributed by atoms with van der Waals surface area (Å²) in [6, 6.07) is 8.34. The molecule has 1 N–H and O–H groups in total. The summed E-state index contributed by atoms with van der Waals surface area (Å²) >= 11 is 1.19. The summed E-state index contributed by atoms with van der Waals surface area (Å²) in [6.07, 6.45) is 5.58. The van der Waals surface area contributed by atoms with Crippen molar-refractivity contribution in [3.8, 4) is 12.3 Å². The van der Waals surface area contributed by atoms with Gasteiger partial charge < -0.3 is 10.0 Å². The Hall–Kier alpha value is -2.65. The molecule has 1 atom stereocenters. The van der Waals surface area contributed by atoms with Gasteiger partial charge in [0, 0.05) is 11.9 Å². The predicted molar refractivity (Wildman–Crippen MR) is 88.1 cm³/mol. The highest BCUT2D eigenvalue weighted by atomic mass is 32.1. The molecule has 2 rings (SSSR count). The van der Waals surface area contributed by atoms with Gasteiger partial charge in [0.1, 0.15) is 11.7 Å². The number of carboxylic acid groups (broad SMARTS) is 1. The van der Waals surface area contributed by atoms with Gasteiger partial charge in [-0.15, -0.1) is 17.8 Å². The monoisotopic (exact) mass is 328 g/mol. The van der Waals surface area contributed by atoms with Gasteiger partial charge >= 0.3 is 5.97 Å². The van der Waals surface area contributed by atoms with E-state index in [0.29, 0.717) is 11.4 Å². The fourth-order valence-corrected chi connectivity index (χ4v) is 2.81. The fraction of sp³-hybridized carbons (Fsp3) is 0.235. The molecule has 1 aromatic carbocycles. The molecule has 2 aromatic rings. The lowest BCUT2D eigenvalue weighted by atomic mass is 10.1. The topological polar surface area (TPSA) is 70.5 Å². The molecule has 0 fully saturated rings. The number of terminal acetylenes is 1. The Morgan fingerprint density at radius 1 is 1.39 bits per heavy atom. The highest BCUT2D eigenvalue weighted by molar-refractivity contribution is 7.10. The molecule has 1 aromatic heterocycles. The van der Waals surface area contributed by atoms with Crippen LogP contribution >= 0.6 is 11.3 Å². The molecule has 1 heterocycles. The number of hydrogen-bond donors (Lipinski definition) is 1. The largest absolute Gasteiger partial charge is 0.480 e. The number of aromatic nitrogens is 1. The lowest BCUT2D eigenvalue weighted by Crippen LogP contribution is -2.44. The second-order valence-corrected chi connectivity index (χ2v) is 5.72. The zero-order valence-corrected chi connectivity index (χ0v) is 13.4. The number of hydrogen-bond acceptors (Lipinski definition) is 4. The highest BCUT2D eigenvalue weighted by Gasteiger charge is 2.30. The Labute approximate surface area is 138 Å². The van der Waals surface area contributed by atoms with Gasteiger partial charge in [-0.05, 0) is 17.9 Å². The van der Waals surface area contributed by atoms with Crippen LogP contribution in [0.5, 0.6) is 0 Å². The second-order valence-electron chi connectivity index (χ2n) is 4.86.